The maximum Gasteiger partial charge on any atom is 0.166 e. The lowest BCUT2D eigenvalue weighted by atomic mass is 9.87. The molecule has 0 unspecified atom stereocenters. The van der Waals surface area contributed by atoms with Crippen molar-refractivity contribution < 1.29 is 4.79 Å². The Labute approximate surface area is 143 Å². The minimum absolute atomic E-state index is 0.0136. The van der Waals surface area contributed by atoms with Gasteiger partial charge in [-0.15, -0.1) is 0 Å². The zero-order valence-electron chi connectivity index (χ0n) is 15.1. The van der Waals surface area contributed by atoms with Gasteiger partial charge in [0.05, 0.1) is 11.2 Å². The molecule has 0 fully saturated rings. The molecule has 3 heteroatoms. The van der Waals surface area contributed by atoms with Crippen molar-refractivity contribution in [3.05, 3.63) is 53.2 Å². The first-order valence-electron chi connectivity index (χ1n) is 8.53. The Morgan fingerprint density at radius 1 is 1.21 bits per heavy atom. The van der Waals surface area contributed by atoms with Crippen LogP contribution in [0, 0.1) is 12.8 Å². The Bertz CT molecular complexity index is 919. The molecule has 3 nitrogen and oxygen atoms in total. The minimum Gasteiger partial charge on any atom is -0.294 e. The van der Waals surface area contributed by atoms with E-state index in [0.717, 1.165) is 45.3 Å². The summed E-state index contributed by atoms with van der Waals surface area (Å²) in [6.07, 6.45) is 0.857. The Morgan fingerprint density at radius 2 is 1.96 bits per heavy atom. The van der Waals surface area contributed by atoms with Crippen molar-refractivity contribution >= 4 is 16.7 Å². The fraction of sp³-hybridized carbons (Fsp3) is 0.333. The van der Waals surface area contributed by atoms with Gasteiger partial charge in [0.1, 0.15) is 0 Å². The minimum atomic E-state index is -0.0136. The summed E-state index contributed by atoms with van der Waals surface area (Å²) in [5, 5.41) is 5.63. The van der Waals surface area contributed by atoms with Crippen molar-refractivity contribution in [3.63, 3.8) is 0 Å². The number of benzene rings is 2. The van der Waals surface area contributed by atoms with Gasteiger partial charge in [-0.3, -0.25) is 9.48 Å². The molecule has 1 heterocycles. The summed E-state index contributed by atoms with van der Waals surface area (Å²) in [5.74, 6) is 0.200. The molecule has 0 saturated heterocycles. The third kappa shape index (κ3) is 2.64. The fourth-order valence-electron chi connectivity index (χ4n) is 3.32. The van der Waals surface area contributed by atoms with Gasteiger partial charge in [-0.25, -0.2) is 0 Å². The second-order valence-corrected chi connectivity index (χ2v) is 6.65. The standard InChI is InChI=1S/C21H24N2O/c1-6-15-8-7-9-17(20(15)21(24)13(2)3)16-10-11-19-18(12-16)14(4)22-23(19)5/h7-13H,6H2,1-5H3. The van der Waals surface area contributed by atoms with Gasteiger partial charge in [0, 0.05) is 23.9 Å². The molecule has 0 aliphatic carbocycles. The second-order valence-electron chi connectivity index (χ2n) is 6.65. The van der Waals surface area contributed by atoms with E-state index >= 15 is 0 Å². The molecule has 0 aliphatic heterocycles. The van der Waals surface area contributed by atoms with Crippen molar-refractivity contribution in [2.24, 2.45) is 13.0 Å². The van der Waals surface area contributed by atoms with E-state index in [-0.39, 0.29) is 11.7 Å². The first-order chi connectivity index (χ1) is 11.4. The predicted octanol–water partition coefficient (Wildman–Crippen LogP) is 4.95. The van der Waals surface area contributed by atoms with Gasteiger partial charge in [0.2, 0.25) is 0 Å². The molecule has 0 aliphatic rings. The van der Waals surface area contributed by atoms with E-state index in [1.165, 1.54) is 0 Å². The molecule has 24 heavy (non-hydrogen) atoms. The Hall–Kier alpha value is -2.42. The van der Waals surface area contributed by atoms with Gasteiger partial charge in [-0.05, 0) is 42.2 Å². The highest BCUT2D eigenvalue weighted by atomic mass is 16.1. The van der Waals surface area contributed by atoms with Crippen molar-refractivity contribution in [2.45, 2.75) is 34.1 Å². The summed E-state index contributed by atoms with van der Waals surface area (Å²) in [6.45, 7) is 8.06. The highest BCUT2D eigenvalue weighted by Gasteiger charge is 2.19. The summed E-state index contributed by atoms with van der Waals surface area (Å²) in [7, 11) is 1.96. The van der Waals surface area contributed by atoms with E-state index in [9.17, 15) is 4.79 Å². The molecule has 0 radical (unpaired) electrons. The topological polar surface area (TPSA) is 34.9 Å². The SMILES string of the molecule is CCc1cccc(-c2ccc3c(c2)c(C)nn3C)c1C(=O)C(C)C. The van der Waals surface area contributed by atoms with Crippen LogP contribution in [0.4, 0.5) is 0 Å². The Kier molecular flexibility index (Phi) is 4.27. The number of rotatable bonds is 4. The quantitative estimate of drug-likeness (QED) is 0.638. The summed E-state index contributed by atoms with van der Waals surface area (Å²) in [4.78, 5) is 12.8. The average molecular weight is 320 g/mol. The number of Topliss-reactive ketones (excluding diaryl/α,β-unsaturated/α-hetero) is 1. The van der Waals surface area contributed by atoms with E-state index < -0.39 is 0 Å². The third-order valence-electron chi connectivity index (χ3n) is 4.65. The number of nitrogens with zero attached hydrogens (tertiary/aromatic N) is 2. The molecule has 3 rings (SSSR count). The smallest absolute Gasteiger partial charge is 0.166 e. The van der Waals surface area contributed by atoms with Crippen LogP contribution in [0.5, 0.6) is 0 Å². The van der Waals surface area contributed by atoms with E-state index in [1.807, 2.05) is 38.6 Å². The van der Waals surface area contributed by atoms with Crippen molar-refractivity contribution in [1.82, 2.24) is 9.78 Å². The molecule has 0 N–H and O–H groups in total. The van der Waals surface area contributed by atoms with E-state index in [0.29, 0.717) is 0 Å². The van der Waals surface area contributed by atoms with Crippen LogP contribution in [0.2, 0.25) is 0 Å². The van der Waals surface area contributed by atoms with Crippen LogP contribution in [-0.2, 0) is 13.5 Å². The Balaban J connectivity index is 2.26. The van der Waals surface area contributed by atoms with E-state index in [4.69, 9.17) is 0 Å². The van der Waals surface area contributed by atoms with Crippen LogP contribution in [-0.4, -0.2) is 15.6 Å². The summed E-state index contributed by atoms with van der Waals surface area (Å²) < 4.78 is 1.90. The second kappa shape index (κ2) is 6.23. The summed E-state index contributed by atoms with van der Waals surface area (Å²) in [6, 6.07) is 12.5. The predicted molar refractivity (Wildman–Crippen MR) is 99.4 cm³/mol. The Morgan fingerprint density at radius 3 is 2.62 bits per heavy atom. The molecule has 0 amide bonds. The van der Waals surface area contributed by atoms with Gasteiger partial charge in [-0.2, -0.15) is 5.10 Å². The molecular weight excluding hydrogens is 296 g/mol. The molecule has 3 aromatic rings. The first-order valence-corrected chi connectivity index (χ1v) is 8.53. The summed E-state index contributed by atoms with van der Waals surface area (Å²) >= 11 is 0. The highest BCUT2D eigenvalue weighted by Crippen LogP contribution is 2.31. The maximum absolute atomic E-state index is 12.8. The molecule has 0 bridgehead atoms. The lowest BCUT2D eigenvalue weighted by molar-refractivity contribution is 0.0939. The largest absolute Gasteiger partial charge is 0.294 e. The van der Waals surface area contributed by atoms with Gasteiger partial charge in [0.25, 0.3) is 0 Å². The average Bonchev–Trinajstić information content (AvgIpc) is 2.87. The molecule has 0 atom stereocenters. The number of carbonyl (C=O) groups is 1. The lowest BCUT2D eigenvalue weighted by Gasteiger charge is -2.15. The van der Waals surface area contributed by atoms with Crippen LogP contribution < -0.4 is 0 Å². The first kappa shape index (κ1) is 16.4. The number of carbonyl (C=O) groups excluding carboxylic acids is 1. The van der Waals surface area contributed by atoms with E-state index in [1.54, 1.807) is 0 Å². The number of hydrogen-bond donors (Lipinski definition) is 0. The maximum atomic E-state index is 12.8. The van der Waals surface area contributed by atoms with Crippen LogP contribution in [0.15, 0.2) is 36.4 Å². The van der Waals surface area contributed by atoms with Crippen LogP contribution in [0.3, 0.4) is 0 Å². The third-order valence-corrected chi connectivity index (χ3v) is 4.65. The van der Waals surface area contributed by atoms with Crippen molar-refractivity contribution in [1.29, 1.82) is 0 Å². The zero-order chi connectivity index (χ0) is 17.4. The highest BCUT2D eigenvalue weighted by molar-refractivity contribution is 6.05. The van der Waals surface area contributed by atoms with E-state index in [2.05, 4.69) is 42.4 Å². The monoisotopic (exact) mass is 320 g/mol. The van der Waals surface area contributed by atoms with Gasteiger partial charge in [-0.1, -0.05) is 45.0 Å². The number of fused-ring (bicyclic) bond motifs is 1. The number of aromatic nitrogens is 2. The van der Waals surface area contributed by atoms with Crippen molar-refractivity contribution in [3.8, 4) is 11.1 Å². The summed E-state index contributed by atoms with van der Waals surface area (Å²) in [5.41, 5.74) is 6.22. The number of aryl methyl sites for hydroxylation is 3. The molecule has 0 saturated carbocycles. The van der Waals surface area contributed by atoms with Gasteiger partial charge < -0.3 is 0 Å². The molecule has 0 spiro atoms. The normalized spacial score (nSPS) is 11.4. The zero-order valence-corrected chi connectivity index (χ0v) is 15.1. The number of ketones is 1. The van der Waals surface area contributed by atoms with Crippen molar-refractivity contribution in [2.75, 3.05) is 0 Å². The molecule has 124 valence electrons. The number of hydrogen-bond acceptors (Lipinski definition) is 2. The lowest BCUT2D eigenvalue weighted by Crippen LogP contribution is -2.12. The van der Waals surface area contributed by atoms with Crippen LogP contribution in [0.25, 0.3) is 22.0 Å². The molecule has 2 aromatic carbocycles. The van der Waals surface area contributed by atoms with Gasteiger partial charge in [0.15, 0.2) is 5.78 Å². The molecule has 1 aromatic heterocycles. The van der Waals surface area contributed by atoms with Gasteiger partial charge >= 0.3 is 0 Å². The van der Waals surface area contributed by atoms with Crippen LogP contribution in [0.1, 0.15) is 42.4 Å². The molecular formula is C21H24N2O. The fourth-order valence-corrected chi connectivity index (χ4v) is 3.32. The van der Waals surface area contributed by atoms with Crippen LogP contribution >= 0.6 is 0 Å².